The van der Waals surface area contributed by atoms with Crippen molar-refractivity contribution < 1.29 is 0 Å². The van der Waals surface area contributed by atoms with Gasteiger partial charge in [-0.15, -0.1) is 0 Å². The van der Waals surface area contributed by atoms with Gasteiger partial charge in [0.15, 0.2) is 0 Å². The minimum atomic E-state index is 0.373. The van der Waals surface area contributed by atoms with Crippen molar-refractivity contribution >= 4 is 22.6 Å². The van der Waals surface area contributed by atoms with E-state index in [4.69, 9.17) is 16.6 Å². The van der Waals surface area contributed by atoms with Crippen molar-refractivity contribution in [3.05, 3.63) is 107 Å². The molecule has 3 heteroatoms. The van der Waals surface area contributed by atoms with Crippen LogP contribution in [0.3, 0.4) is 0 Å². The Morgan fingerprint density at radius 1 is 0.778 bits per heavy atom. The molecule has 0 aliphatic rings. The zero-order chi connectivity index (χ0) is 18.5. The van der Waals surface area contributed by atoms with Gasteiger partial charge in [-0.2, -0.15) is 0 Å². The number of fused-ring (bicyclic) bond motifs is 1. The fourth-order valence-corrected chi connectivity index (χ4v) is 3.58. The van der Waals surface area contributed by atoms with Gasteiger partial charge in [-0.05, 0) is 60.6 Å². The fraction of sp³-hybridized carbons (Fsp3) is 0.167. The van der Waals surface area contributed by atoms with Gasteiger partial charge in [0.25, 0.3) is 0 Å². The van der Waals surface area contributed by atoms with Crippen molar-refractivity contribution in [3.63, 3.8) is 0 Å². The highest BCUT2D eigenvalue weighted by molar-refractivity contribution is 6.30. The number of aryl methyl sites for hydroxylation is 1. The molecule has 1 atom stereocenters. The maximum absolute atomic E-state index is 6.09. The molecule has 1 heterocycles. The number of benzene rings is 3. The van der Waals surface area contributed by atoms with E-state index in [-0.39, 0.29) is 0 Å². The number of aromatic nitrogens is 2. The molecule has 0 aliphatic carbocycles. The smallest absolute Gasteiger partial charge is 0.0890 e. The number of hydrogen-bond donors (Lipinski definition) is 0. The Balaban J connectivity index is 1.58. The molecular formula is C24H21ClN2. The van der Waals surface area contributed by atoms with Gasteiger partial charge in [0, 0.05) is 11.2 Å². The quantitative estimate of drug-likeness (QED) is 0.400. The number of nitrogens with zero attached hydrogens (tertiary/aromatic N) is 2. The molecule has 0 radical (unpaired) electrons. The van der Waals surface area contributed by atoms with Gasteiger partial charge in [0.2, 0.25) is 0 Å². The average Bonchev–Trinajstić information content (AvgIpc) is 2.72. The summed E-state index contributed by atoms with van der Waals surface area (Å²) in [5, 5.41) is 0.769. The molecule has 4 aromatic rings. The summed E-state index contributed by atoms with van der Waals surface area (Å²) < 4.78 is 0. The van der Waals surface area contributed by atoms with Crippen LogP contribution in [-0.2, 0) is 12.8 Å². The second-order valence-electron chi connectivity index (χ2n) is 6.83. The molecule has 3 aromatic carbocycles. The van der Waals surface area contributed by atoms with Gasteiger partial charge < -0.3 is 0 Å². The van der Waals surface area contributed by atoms with Crippen molar-refractivity contribution in [1.82, 2.24) is 9.97 Å². The Bertz CT molecular complexity index is 1010. The van der Waals surface area contributed by atoms with Crippen molar-refractivity contribution in [2.24, 2.45) is 0 Å². The number of halogens is 1. The van der Waals surface area contributed by atoms with Crippen LogP contribution in [0.25, 0.3) is 11.0 Å². The molecule has 27 heavy (non-hydrogen) atoms. The third kappa shape index (κ3) is 4.53. The fourth-order valence-electron chi connectivity index (χ4n) is 3.45. The lowest BCUT2D eigenvalue weighted by molar-refractivity contribution is 0.613. The van der Waals surface area contributed by atoms with Crippen LogP contribution in [-0.4, -0.2) is 9.97 Å². The van der Waals surface area contributed by atoms with Crippen molar-refractivity contribution in [2.45, 2.75) is 25.2 Å². The summed E-state index contributed by atoms with van der Waals surface area (Å²) in [6.07, 6.45) is 4.87. The average molecular weight is 373 g/mol. The predicted molar refractivity (Wildman–Crippen MR) is 112 cm³/mol. The molecule has 0 amide bonds. The number of rotatable bonds is 6. The summed E-state index contributed by atoms with van der Waals surface area (Å²) in [7, 11) is 0. The summed E-state index contributed by atoms with van der Waals surface area (Å²) in [6, 6.07) is 26.9. The second-order valence-corrected chi connectivity index (χ2v) is 7.26. The van der Waals surface area contributed by atoms with Crippen molar-refractivity contribution in [1.29, 1.82) is 0 Å². The SMILES string of the molecule is Clc1ccc(C(CCc2ccccc2)Cc2cnc3ccccc3n2)cc1. The molecule has 0 saturated carbocycles. The van der Waals surface area contributed by atoms with Crippen LogP contribution in [0.15, 0.2) is 85.1 Å². The van der Waals surface area contributed by atoms with Crippen molar-refractivity contribution in [2.75, 3.05) is 0 Å². The lowest BCUT2D eigenvalue weighted by Crippen LogP contribution is -2.07. The molecule has 0 spiro atoms. The van der Waals surface area contributed by atoms with Gasteiger partial charge >= 0.3 is 0 Å². The first-order valence-corrected chi connectivity index (χ1v) is 9.66. The number of para-hydroxylation sites is 2. The molecular weight excluding hydrogens is 352 g/mol. The van der Waals surface area contributed by atoms with Gasteiger partial charge in [-0.25, -0.2) is 4.98 Å². The first-order chi connectivity index (χ1) is 13.3. The van der Waals surface area contributed by atoms with E-state index < -0.39 is 0 Å². The molecule has 0 N–H and O–H groups in total. The third-order valence-corrected chi connectivity index (χ3v) is 5.17. The molecule has 0 fully saturated rings. The Kier molecular flexibility index (Phi) is 5.45. The first kappa shape index (κ1) is 17.7. The van der Waals surface area contributed by atoms with Crippen LogP contribution in [0.2, 0.25) is 5.02 Å². The highest BCUT2D eigenvalue weighted by Crippen LogP contribution is 2.27. The lowest BCUT2D eigenvalue weighted by atomic mass is 9.88. The second kappa shape index (κ2) is 8.32. The van der Waals surface area contributed by atoms with Crippen LogP contribution in [0.1, 0.15) is 29.2 Å². The molecule has 0 bridgehead atoms. The normalized spacial score (nSPS) is 12.2. The molecule has 0 saturated heterocycles. The standard InChI is InChI=1S/C24H21ClN2/c25-21-14-12-19(13-15-21)20(11-10-18-6-2-1-3-7-18)16-22-17-26-23-8-4-5-9-24(23)27-22/h1-9,12-15,17,20H,10-11,16H2. The van der Waals surface area contributed by atoms with E-state index in [1.165, 1.54) is 11.1 Å². The van der Waals surface area contributed by atoms with E-state index in [0.717, 1.165) is 41.0 Å². The molecule has 0 aliphatic heterocycles. The zero-order valence-corrected chi connectivity index (χ0v) is 15.8. The van der Waals surface area contributed by atoms with E-state index in [9.17, 15) is 0 Å². The molecule has 1 aromatic heterocycles. The van der Waals surface area contributed by atoms with Crippen molar-refractivity contribution in [3.8, 4) is 0 Å². The van der Waals surface area contributed by atoms with E-state index >= 15 is 0 Å². The molecule has 1 unspecified atom stereocenters. The number of hydrogen-bond acceptors (Lipinski definition) is 2. The van der Waals surface area contributed by atoms with E-state index in [1.54, 1.807) is 0 Å². The minimum Gasteiger partial charge on any atom is -0.253 e. The summed E-state index contributed by atoms with van der Waals surface area (Å²) in [6.45, 7) is 0. The maximum atomic E-state index is 6.09. The maximum Gasteiger partial charge on any atom is 0.0890 e. The molecule has 134 valence electrons. The Hall–Kier alpha value is -2.71. The van der Waals surface area contributed by atoms with Gasteiger partial charge in [-0.1, -0.05) is 66.2 Å². The monoisotopic (exact) mass is 372 g/mol. The summed E-state index contributed by atoms with van der Waals surface area (Å²) in [5.41, 5.74) is 5.58. The summed E-state index contributed by atoms with van der Waals surface area (Å²) in [4.78, 5) is 9.40. The van der Waals surface area contributed by atoms with Crippen LogP contribution >= 0.6 is 11.6 Å². The van der Waals surface area contributed by atoms with Crippen LogP contribution in [0, 0.1) is 0 Å². The van der Waals surface area contributed by atoms with Gasteiger partial charge in [-0.3, -0.25) is 4.98 Å². The van der Waals surface area contributed by atoms with E-state index in [0.29, 0.717) is 5.92 Å². The molecule has 4 rings (SSSR count). The van der Waals surface area contributed by atoms with Crippen LogP contribution < -0.4 is 0 Å². The summed E-state index contributed by atoms with van der Waals surface area (Å²) >= 11 is 6.09. The first-order valence-electron chi connectivity index (χ1n) is 9.28. The predicted octanol–water partition coefficient (Wildman–Crippen LogP) is 6.24. The van der Waals surface area contributed by atoms with E-state index in [2.05, 4.69) is 47.4 Å². The molecule has 2 nitrogen and oxygen atoms in total. The van der Waals surface area contributed by atoms with Crippen LogP contribution in [0.5, 0.6) is 0 Å². The minimum absolute atomic E-state index is 0.373. The Labute approximate surface area is 164 Å². The topological polar surface area (TPSA) is 25.8 Å². The van der Waals surface area contributed by atoms with Gasteiger partial charge in [0.1, 0.15) is 0 Å². The Morgan fingerprint density at radius 2 is 1.48 bits per heavy atom. The largest absolute Gasteiger partial charge is 0.253 e. The summed E-state index contributed by atoms with van der Waals surface area (Å²) in [5.74, 6) is 0.373. The third-order valence-electron chi connectivity index (χ3n) is 4.92. The van der Waals surface area contributed by atoms with E-state index in [1.807, 2.05) is 42.6 Å². The van der Waals surface area contributed by atoms with Crippen LogP contribution in [0.4, 0.5) is 0 Å². The highest BCUT2D eigenvalue weighted by atomic mass is 35.5. The van der Waals surface area contributed by atoms with Gasteiger partial charge in [0.05, 0.1) is 16.7 Å². The Morgan fingerprint density at radius 3 is 2.26 bits per heavy atom. The lowest BCUT2D eigenvalue weighted by Gasteiger charge is -2.17. The zero-order valence-electron chi connectivity index (χ0n) is 15.1. The highest BCUT2D eigenvalue weighted by Gasteiger charge is 2.14.